The van der Waals surface area contributed by atoms with Crippen LogP contribution in [0.5, 0.6) is 5.88 Å². The van der Waals surface area contributed by atoms with E-state index in [0.717, 1.165) is 31.7 Å². The maximum Gasteiger partial charge on any atom is 0.419 e. The number of alkyl halides is 3. The maximum atomic E-state index is 12.7. The van der Waals surface area contributed by atoms with Crippen LogP contribution in [0.15, 0.2) is 18.6 Å². The van der Waals surface area contributed by atoms with Crippen molar-refractivity contribution in [2.75, 3.05) is 18.0 Å². The van der Waals surface area contributed by atoms with Crippen LogP contribution in [0.3, 0.4) is 0 Å². The summed E-state index contributed by atoms with van der Waals surface area (Å²) in [7, 11) is 0. The molecule has 2 aliphatic rings. The summed E-state index contributed by atoms with van der Waals surface area (Å²) in [6.07, 6.45) is 1.28. The number of nitriles is 1. The zero-order valence-corrected chi connectivity index (χ0v) is 15.7. The van der Waals surface area contributed by atoms with E-state index in [4.69, 9.17) is 4.74 Å². The Morgan fingerprint density at radius 2 is 1.90 bits per heavy atom. The van der Waals surface area contributed by atoms with Crippen molar-refractivity contribution in [2.45, 2.75) is 44.4 Å². The van der Waals surface area contributed by atoms with Crippen LogP contribution in [0.2, 0.25) is 0 Å². The standard InChI is InChI=1S/C19H19F3N6O/c1-11(29-17-14(6-23)7-24-16(27-17)12-2-3-12)13-4-5-28(10-13)18-25-8-15(9-26-18)19(20,21)22/h7-9,11-13H,2-5,10H2,1H3/t11?,13-/m0/s1. The fourth-order valence-corrected chi connectivity index (χ4v) is 3.34. The molecule has 4 rings (SSSR count). The van der Waals surface area contributed by atoms with Gasteiger partial charge in [-0.1, -0.05) is 0 Å². The minimum Gasteiger partial charge on any atom is -0.473 e. The number of hydrogen-bond acceptors (Lipinski definition) is 7. The summed E-state index contributed by atoms with van der Waals surface area (Å²) in [6.45, 7) is 3.07. The van der Waals surface area contributed by atoms with Gasteiger partial charge in [0.15, 0.2) is 0 Å². The third-order valence-electron chi connectivity index (χ3n) is 5.27. The fourth-order valence-electron chi connectivity index (χ4n) is 3.34. The highest BCUT2D eigenvalue weighted by atomic mass is 19.4. The second kappa shape index (κ2) is 7.46. The predicted molar refractivity (Wildman–Crippen MR) is 96.2 cm³/mol. The van der Waals surface area contributed by atoms with Crippen LogP contribution >= 0.6 is 0 Å². The predicted octanol–water partition coefficient (Wildman–Crippen LogP) is 3.33. The number of hydrogen-bond donors (Lipinski definition) is 0. The second-order valence-electron chi connectivity index (χ2n) is 7.42. The summed E-state index contributed by atoms with van der Waals surface area (Å²) in [6, 6.07) is 2.06. The van der Waals surface area contributed by atoms with Gasteiger partial charge in [-0.25, -0.2) is 15.0 Å². The van der Waals surface area contributed by atoms with Crippen LogP contribution in [0, 0.1) is 17.2 Å². The van der Waals surface area contributed by atoms with Gasteiger partial charge in [0.05, 0.1) is 11.8 Å². The van der Waals surface area contributed by atoms with Crippen molar-refractivity contribution in [2.24, 2.45) is 5.92 Å². The van der Waals surface area contributed by atoms with Crippen molar-refractivity contribution in [3.63, 3.8) is 0 Å². The van der Waals surface area contributed by atoms with E-state index in [-0.39, 0.29) is 18.0 Å². The number of halogens is 3. The number of anilines is 1. The van der Waals surface area contributed by atoms with Gasteiger partial charge >= 0.3 is 6.18 Å². The van der Waals surface area contributed by atoms with E-state index in [1.807, 2.05) is 11.8 Å². The minimum absolute atomic E-state index is 0.103. The van der Waals surface area contributed by atoms with Crippen LogP contribution in [0.25, 0.3) is 0 Å². The van der Waals surface area contributed by atoms with Gasteiger partial charge < -0.3 is 9.64 Å². The van der Waals surface area contributed by atoms with Gasteiger partial charge in [0.1, 0.15) is 23.6 Å². The van der Waals surface area contributed by atoms with Crippen LogP contribution in [0.4, 0.5) is 19.1 Å². The van der Waals surface area contributed by atoms with Crippen molar-refractivity contribution >= 4 is 5.95 Å². The molecule has 2 atom stereocenters. The molecule has 152 valence electrons. The highest BCUT2D eigenvalue weighted by Crippen LogP contribution is 2.39. The number of rotatable bonds is 5. The van der Waals surface area contributed by atoms with Crippen molar-refractivity contribution in [3.8, 4) is 11.9 Å². The second-order valence-corrected chi connectivity index (χ2v) is 7.42. The van der Waals surface area contributed by atoms with Crippen LogP contribution in [-0.4, -0.2) is 39.1 Å². The molecule has 1 aliphatic carbocycles. The lowest BCUT2D eigenvalue weighted by Crippen LogP contribution is -2.29. The Bertz CT molecular complexity index is 923. The van der Waals surface area contributed by atoms with Crippen molar-refractivity contribution in [1.82, 2.24) is 19.9 Å². The molecule has 1 aliphatic heterocycles. The van der Waals surface area contributed by atoms with E-state index < -0.39 is 11.7 Å². The topological polar surface area (TPSA) is 87.8 Å². The van der Waals surface area contributed by atoms with Gasteiger partial charge in [-0.3, -0.25) is 0 Å². The molecule has 2 aromatic heterocycles. The smallest absolute Gasteiger partial charge is 0.419 e. The van der Waals surface area contributed by atoms with E-state index in [1.54, 1.807) is 0 Å². The largest absolute Gasteiger partial charge is 0.473 e. The first-order valence-corrected chi connectivity index (χ1v) is 9.43. The molecular weight excluding hydrogens is 385 g/mol. The van der Waals surface area contributed by atoms with Crippen molar-refractivity contribution < 1.29 is 17.9 Å². The first-order chi connectivity index (χ1) is 13.8. The fraction of sp³-hybridized carbons (Fsp3) is 0.526. The SMILES string of the molecule is CC(Oc1nc(C2CC2)ncc1C#N)[C@H]1CCN(c2ncc(C(F)(F)F)cn2)C1. The summed E-state index contributed by atoms with van der Waals surface area (Å²) in [5, 5.41) is 9.30. The Kier molecular flexibility index (Phi) is 4.98. The monoisotopic (exact) mass is 404 g/mol. The lowest BCUT2D eigenvalue weighted by atomic mass is 10.0. The van der Waals surface area contributed by atoms with E-state index in [9.17, 15) is 18.4 Å². The Hall–Kier alpha value is -2.96. The Morgan fingerprint density at radius 1 is 1.17 bits per heavy atom. The lowest BCUT2D eigenvalue weighted by Gasteiger charge is -2.22. The van der Waals surface area contributed by atoms with Gasteiger partial charge in [0.25, 0.3) is 0 Å². The summed E-state index contributed by atoms with van der Waals surface area (Å²) in [5.74, 6) is 1.72. The van der Waals surface area contributed by atoms with Gasteiger partial charge in [-0.05, 0) is 26.2 Å². The first-order valence-electron chi connectivity index (χ1n) is 9.43. The van der Waals surface area contributed by atoms with Gasteiger partial charge in [-0.2, -0.15) is 23.4 Å². The molecule has 29 heavy (non-hydrogen) atoms. The number of nitrogens with zero attached hydrogens (tertiary/aromatic N) is 6. The molecule has 0 aromatic carbocycles. The highest BCUT2D eigenvalue weighted by molar-refractivity contribution is 5.37. The summed E-state index contributed by atoms with van der Waals surface area (Å²) < 4.78 is 44.0. The molecule has 3 heterocycles. The van der Waals surface area contributed by atoms with Crippen LogP contribution < -0.4 is 9.64 Å². The summed E-state index contributed by atoms with van der Waals surface area (Å²) in [4.78, 5) is 18.2. The zero-order chi connectivity index (χ0) is 20.6. The number of aromatic nitrogens is 4. The van der Waals surface area contributed by atoms with Crippen molar-refractivity contribution in [3.05, 3.63) is 35.5 Å². The molecule has 2 fully saturated rings. The van der Waals surface area contributed by atoms with Gasteiger partial charge in [0, 0.05) is 37.3 Å². The molecular formula is C19H19F3N6O. The van der Waals surface area contributed by atoms with E-state index in [0.29, 0.717) is 36.3 Å². The van der Waals surface area contributed by atoms with Crippen LogP contribution in [-0.2, 0) is 6.18 Å². The molecule has 0 radical (unpaired) electrons. The minimum atomic E-state index is -4.45. The molecule has 1 saturated carbocycles. The molecule has 0 N–H and O–H groups in total. The molecule has 10 heteroatoms. The van der Waals surface area contributed by atoms with E-state index >= 15 is 0 Å². The molecule has 1 saturated heterocycles. The molecule has 2 aromatic rings. The molecule has 0 spiro atoms. The van der Waals surface area contributed by atoms with E-state index in [2.05, 4.69) is 26.0 Å². The van der Waals surface area contributed by atoms with Gasteiger partial charge in [0.2, 0.25) is 11.8 Å². The lowest BCUT2D eigenvalue weighted by molar-refractivity contribution is -0.138. The Labute approximate surface area is 165 Å². The first kappa shape index (κ1) is 19.4. The summed E-state index contributed by atoms with van der Waals surface area (Å²) >= 11 is 0. The normalized spacial score (nSPS) is 20.4. The molecule has 7 nitrogen and oxygen atoms in total. The molecule has 0 amide bonds. The number of ether oxygens (including phenoxy) is 1. The van der Waals surface area contributed by atoms with Gasteiger partial charge in [-0.15, -0.1) is 0 Å². The average molecular weight is 404 g/mol. The third kappa shape index (κ3) is 4.23. The zero-order valence-electron chi connectivity index (χ0n) is 15.7. The van der Waals surface area contributed by atoms with E-state index in [1.165, 1.54) is 6.20 Å². The third-order valence-corrected chi connectivity index (χ3v) is 5.27. The molecule has 0 bridgehead atoms. The molecule has 1 unspecified atom stereocenters. The highest BCUT2D eigenvalue weighted by Gasteiger charge is 2.34. The quantitative estimate of drug-likeness (QED) is 0.755. The van der Waals surface area contributed by atoms with Crippen LogP contribution in [0.1, 0.15) is 49.1 Å². The average Bonchev–Trinajstić information content (AvgIpc) is 3.43. The Morgan fingerprint density at radius 3 is 2.52 bits per heavy atom. The summed E-state index contributed by atoms with van der Waals surface area (Å²) in [5.41, 5.74) is -0.574. The Balaban J connectivity index is 1.42. The maximum absolute atomic E-state index is 12.7. The van der Waals surface area contributed by atoms with Crippen molar-refractivity contribution in [1.29, 1.82) is 5.26 Å².